The SMILES string of the molecule is N#CC1(O[NH+]([O-])O)CCCC1. The van der Waals surface area contributed by atoms with Crippen LogP contribution in [-0.2, 0) is 4.84 Å². The van der Waals surface area contributed by atoms with Crippen LogP contribution < -0.4 is 5.39 Å². The molecular weight excluding hydrogens is 148 g/mol. The summed E-state index contributed by atoms with van der Waals surface area (Å²) in [4.78, 5) is 4.50. The van der Waals surface area contributed by atoms with Crippen LogP contribution in [0.5, 0.6) is 0 Å². The van der Waals surface area contributed by atoms with Crippen molar-refractivity contribution in [1.82, 2.24) is 0 Å². The van der Waals surface area contributed by atoms with E-state index in [1.807, 2.05) is 6.07 Å². The lowest BCUT2D eigenvalue weighted by Crippen LogP contribution is -3.05. The van der Waals surface area contributed by atoms with Gasteiger partial charge in [-0.05, 0) is 25.7 Å². The molecule has 1 rings (SSSR count). The van der Waals surface area contributed by atoms with Gasteiger partial charge in [0.15, 0.2) is 0 Å². The zero-order valence-electron chi connectivity index (χ0n) is 6.04. The highest BCUT2D eigenvalue weighted by Gasteiger charge is 2.39. The van der Waals surface area contributed by atoms with E-state index in [1.165, 1.54) is 0 Å². The van der Waals surface area contributed by atoms with Gasteiger partial charge in [0.05, 0.1) is 0 Å². The van der Waals surface area contributed by atoms with Gasteiger partial charge in [0, 0.05) is 0 Å². The molecule has 1 atom stereocenters. The Bertz CT molecular complexity index is 169. The molecule has 0 spiro atoms. The monoisotopic (exact) mass is 158 g/mol. The maximum atomic E-state index is 10.1. The maximum Gasteiger partial charge on any atom is 0.217 e. The normalized spacial score (nSPS) is 24.5. The van der Waals surface area contributed by atoms with Crippen LogP contribution in [0.25, 0.3) is 0 Å². The summed E-state index contributed by atoms with van der Waals surface area (Å²) in [5.41, 5.74) is -1.04. The van der Waals surface area contributed by atoms with Crippen LogP contribution in [0.3, 0.4) is 0 Å². The van der Waals surface area contributed by atoms with E-state index in [0.717, 1.165) is 12.8 Å². The van der Waals surface area contributed by atoms with Crippen LogP contribution >= 0.6 is 0 Å². The van der Waals surface area contributed by atoms with Gasteiger partial charge in [0.2, 0.25) is 5.60 Å². The Kier molecular flexibility index (Phi) is 2.42. The smallest absolute Gasteiger partial charge is 0.217 e. The second kappa shape index (κ2) is 3.15. The summed E-state index contributed by atoms with van der Waals surface area (Å²) in [5, 5.41) is 25.7. The van der Waals surface area contributed by atoms with Crippen LogP contribution in [-0.4, -0.2) is 10.8 Å². The molecule has 1 aliphatic rings. The predicted molar refractivity (Wildman–Crippen MR) is 34.0 cm³/mol. The molecule has 11 heavy (non-hydrogen) atoms. The van der Waals surface area contributed by atoms with Crippen molar-refractivity contribution in [1.29, 1.82) is 5.26 Å². The molecule has 2 N–H and O–H groups in total. The summed E-state index contributed by atoms with van der Waals surface area (Å²) in [6, 6.07) is 1.91. The molecule has 0 aromatic carbocycles. The number of rotatable bonds is 2. The first-order valence-corrected chi connectivity index (χ1v) is 3.52. The Morgan fingerprint density at radius 1 is 1.55 bits per heavy atom. The highest BCUT2D eigenvalue weighted by Crippen LogP contribution is 2.30. The number of nitrogens with one attached hydrogen (secondary N) is 1. The van der Waals surface area contributed by atoms with Crippen molar-refractivity contribution in [3.05, 3.63) is 5.21 Å². The highest BCUT2D eigenvalue weighted by molar-refractivity contribution is 5.03. The van der Waals surface area contributed by atoms with Crippen LogP contribution in [0.2, 0.25) is 0 Å². The van der Waals surface area contributed by atoms with E-state index in [4.69, 9.17) is 10.5 Å². The summed E-state index contributed by atoms with van der Waals surface area (Å²) >= 11 is 0. The van der Waals surface area contributed by atoms with Crippen LogP contribution in [0.4, 0.5) is 0 Å². The van der Waals surface area contributed by atoms with Gasteiger partial charge >= 0.3 is 0 Å². The average Bonchev–Trinajstić information content (AvgIpc) is 2.36. The van der Waals surface area contributed by atoms with E-state index >= 15 is 0 Å². The van der Waals surface area contributed by atoms with Crippen molar-refractivity contribution in [3.8, 4) is 6.07 Å². The predicted octanol–water partition coefficient (Wildman–Crippen LogP) is -0.474. The average molecular weight is 158 g/mol. The molecule has 0 aliphatic heterocycles. The highest BCUT2D eigenvalue weighted by atomic mass is 17.1. The van der Waals surface area contributed by atoms with Crippen molar-refractivity contribution in [2.45, 2.75) is 31.3 Å². The lowest BCUT2D eigenvalue weighted by atomic mass is 10.1. The molecule has 1 saturated carbocycles. The molecule has 0 aromatic heterocycles. The summed E-state index contributed by atoms with van der Waals surface area (Å²) in [5.74, 6) is 0. The van der Waals surface area contributed by atoms with Gasteiger partial charge in [0.25, 0.3) is 0 Å². The van der Waals surface area contributed by atoms with Crippen molar-refractivity contribution < 1.29 is 15.4 Å². The molecule has 0 radical (unpaired) electrons. The van der Waals surface area contributed by atoms with Crippen molar-refractivity contribution in [2.24, 2.45) is 0 Å². The molecule has 0 amide bonds. The number of nitrogens with zero attached hydrogens (tertiary/aromatic N) is 1. The third-order valence-electron chi connectivity index (χ3n) is 1.90. The van der Waals surface area contributed by atoms with Gasteiger partial charge in [-0.15, -0.1) is 4.84 Å². The van der Waals surface area contributed by atoms with Gasteiger partial charge in [-0.2, -0.15) is 10.5 Å². The molecule has 0 heterocycles. The minimum atomic E-state index is -1.35. The van der Waals surface area contributed by atoms with Crippen LogP contribution in [0.15, 0.2) is 0 Å². The fraction of sp³-hybridized carbons (Fsp3) is 0.833. The zero-order chi connectivity index (χ0) is 8.32. The largest absolute Gasteiger partial charge is 0.566 e. The standard InChI is InChI=1S/C6H10N2O3/c7-5-6(11-8(9)10)3-1-2-4-6/h8-9H,1-4H2. The number of hydrogen-bond donors (Lipinski definition) is 2. The summed E-state index contributed by atoms with van der Waals surface area (Å²) in [7, 11) is 0. The zero-order valence-corrected chi connectivity index (χ0v) is 6.04. The maximum absolute atomic E-state index is 10.1. The van der Waals surface area contributed by atoms with E-state index in [-0.39, 0.29) is 0 Å². The van der Waals surface area contributed by atoms with Crippen molar-refractivity contribution >= 4 is 0 Å². The molecule has 0 bridgehead atoms. The van der Waals surface area contributed by atoms with Crippen LogP contribution in [0, 0.1) is 16.5 Å². The Hall–Kier alpha value is -0.670. The third-order valence-corrected chi connectivity index (χ3v) is 1.90. The lowest BCUT2D eigenvalue weighted by molar-refractivity contribution is -1.21. The molecule has 1 aliphatic carbocycles. The number of nitriles is 1. The quantitative estimate of drug-likeness (QED) is 0.532. The first kappa shape index (κ1) is 8.43. The lowest BCUT2D eigenvalue weighted by Gasteiger charge is -2.21. The van der Waals surface area contributed by atoms with E-state index in [9.17, 15) is 5.21 Å². The molecule has 0 saturated heterocycles. The molecule has 1 fully saturated rings. The van der Waals surface area contributed by atoms with E-state index in [0.29, 0.717) is 12.8 Å². The van der Waals surface area contributed by atoms with Crippen molar-refractivity contribution in [2.75, 3.05) is 0 Å². The number of quaternary nitrogens is 1. The topological polar surface area (TPSA) is 80.8 Å². The summed E-state index contributed by atoms with van der Waals surface area (Å²) < 4.78 is 0. The van der Waals surface area contributed by atoms with Gasteiger partial charge < -0.3 is 5.21 Å². The Morgan fingerprint density at radius 2 is 2.09 bits per heavy atom. The van der Waals surface area contributed by atoms with Gasteiger partial charge in [0.1, 0.15) is 6.07 Å². The Labute approximate surface area is 64.3 Å². The minimum Gasteiger partial charge on any atom is -0.566 e. The molecule has 5 heteroatoms. The second-order valence-electron chi connectivity index (χ2n) is 2.68. The molecule has 1 unspecified atom stereocenters. The number of hydrogen-bond acceptors (Lipinski definition) is 4. The van der Waals surface area contributed by atoms with E-state index < -0.39 is 11.0 Å². The molecular formula is C6H10N2O3. The van der Waals surface area contributed by atoms with Crippen molar-refractivity contribution in [3.63, 3.8) is 0 Å². The van der Waals surface area contributed by atoms with E-state index in [2.05, 4.69) is 4.84 Å². The fourth-order valence-electron chi connectivity index (χ4n) is 1.35. The first-order valence-electron chi connectivity index (χ1n) is 3.52. The molecule has 0 aromatic rings. The molecule has 62 valence electrons. The Balaban J connectivity index is 2.54. The van der Waals surface area contributed by atoms with E-state index in [1.54, 1.807) is 0 Å². The fourth-order valence-corrected chi connectivity index (χ4v) is 1.35. The summed E-state index contributed by atoms with van der Waals surface area (Å²) in [6.07, 6.45) is 2.83. The summed E-state index contributed by atoms with van der Waals surface area (Å²) in [6.45, 7) is 0. The van der Waals surface area contributed by atoms with Crippen LogP contribution in [0.1, 0.15) is 25.7 Å². The second-order valence-corrected chi connectivity index (χ2v) is 2.68. The van der Waals surface area contributed by atoms with Gasteiger partial charge in [-0.25, -0.2) is 0 Å². The molecule has 5 nitrogen and oxygen atoms in total. The Morgan fingerprint density at radius 3 is 2.45 bits per heavy atom. The van der Waals surface area contributed by atoms with Gasteiger partial charge in [-0.1, -0.05) is 5.39 Å². The minimum absolute atomic E-state index is 0.538. The first-order chi connectivity index (χ1) is 5.18. The third kappa shape index (κ3) is 1.88. The van der Waals surface area contributed by atoms with Gasteiger partial charge in [-0.3, -0.25) is 0 Å².